The summed E-state index contributed by atoms with van der Waals surface area (Å²) in [6, 6.07) is 5.51. The molecule has 3 rings (SSSR count). The minimum absolute atomic E-state index is 0.128. The molecule has 1 aromatic carbocycles. The number of hydrogen-bond acceptors (Lipinski definition) is 5. The van der Waals surface area contributed by atoms with Gasteiger partial charge in [-0.3, -0.25) is 10.1 Å². The SMILES string of the molecule is CC1(C(=O)Nc2nc3ccc(N)cc3s2)CCCO1. The second-order valence-corrected chi connectivity index (χ2v) is 5.91. The van der Waals surface area contributed by atoms with Crippen LogP contribution in [0.3, 0.4) is 0 Å². The van der Waals surface area contributed by atoms with Crippen LogP contribution >= 0.6 is 11.3 Å². The number of nitrogens with two attached hydrogens (primary N) is 1. The maximum atomic E-state index is 12.2. The monoisotopic (exact) mass is 277 g/mol. The summed E-state index contributed by atoms with van der Waals surface area (Å²) in [4.78, 5) is 16.6. The highest BCUT2D eigenvalue weighted by molar-refractivity contribution is 7.22. The number of anilines is 2. The Morgan fingerprint density at radius 2 is 2.42 bits per heavy atom. The van der Waals surface area contributed by atoms with Crippen LogP contribution in [-0.4, -0.2) is 23.1 Å². The molecule has 1 aliphatic rings. The fourth-order valence-corrected chi connectivity index (χ4v) is 3.09. The fraction of sp³-hybridized carbons (Fsp3) is 0.385. The van der Waals surface area contributed by atoms with E-state index >= 15 is 0 Å². The smallest absolute Gasteiger partial charge is 0.258 e. The van der Waals surface area contributed by atoms with E-state index in [4.69, 9.17) is 10.5 Å². The molecule has 0 saturated carbocycles. The standard InChI is InChI=1S/C13H15N3O2S/c1-13(5-2-6-18-13)11(17)16-12-15-9-4-3-8(14)7-10(9)19-12/h3-4,7H,2,5-6,14H2,1H3,(H,15,16,17). The van der Waals surface area contributed by atoms with Crippen molar-refractivity contribution in [1.82, 2.24) is 4.98 Å². The van der Waals surface area contributed by atoms with Crippen LogP contribution in [0.15, 0.2) is 18.2 Å². The Bertz CT molecular complexity index is 632. The zero-order valence-corrected chi connectivity index (χ0v) is 11.4. The van der Waals surface area contributed by atoms with Gasteiger partial charge in [0.1, 0.15) is 5.60 Å². The van der Waals surface area contributed by atoms with Crippen LogP contribution in [0.2, 0.25) is 0 Å². The number of fused-ring (bicyclic) bond motifs is 1. The lowest BCUT2D eigenvalue weighted by molar-refractivity contribution is -0.133. The normalized spacial score (nSPS) is 22.8. The lowest BCUT2D eigenvalue weighted by Gasteiger charge is -2.20. The van der Waals surface area contributed by atoms with E-state index in [-0.39, 0.29) is 5.91 Å². The van der Waals surface area contributed by atoms with Crippen LogP contribution < -0.4 is 11.1 Å². The maximum absolute atomic E-state index is 12.2. The average Bonchev–Trinajstić information content (AvgIpc) is 2.95. The lowest BCUT2D eigenvalue weighted by atomic mass is 10.0. The van der Waals surface area contributed by atoms with Gasteiger partial charge < -0.3 is 10.5 Å². The Morgan fingerprint density at radius 1 is 1.58 bits per heavy atom. The molecule has 0 spiro atoms. The number of nitrogens with one attached hydrogen (secondary N) is 1. The molecule has 19 heavy (non-hydrogen) atoms. The number of amides is 1. The largest absolute Gasteiger partial charge is 0.399 e. The molecular formula is C13H15N3O2S. The molecule has 100 valence electrons. The first-order valence-electron chi connectivity index (χ1n) is 6.18. The molecular weight excluding hydrogens is 262 g/mol. The molecule has 0 radical (unpaired) electrons. The summed E-state index contributed by atoms with van der Waals surface area (Å²) in [7, 11) is 0. The molecule has 6 heteroatoms. The van der Waals surface area contributed by atoms with Crippen LogP contribution in [0.4, 0.5) is 10.8 Å². The molecule has 1 aliphatic heterocycles. The molecule has 1 unspecified atom stereocenters. The van der Waals surface area contributed by atoms with Crippen molar-refractivity contribution in [2.45, 2.75) is 25.4 Å². The van der Waals surface area contributed by atoms with Gasteiger partial charge in [0.2, 0.25) is 0 Å². The van der Waals surface area contributed by atoms with Gasteiger partial charge in [-0.25, -0.2) is 4.98 Å². The van der Waals surface area contributed by atoms with E-state index in [1.165, 1.54) is 11.3 Å². The minimum atomic E-state index is -0.725. The summed E-state index contributed by atoms with van der Waals surface area (Å²) in [6.45, 7) is 2.46. The van der Waals surface area contributed by atoms with E-state index in [0.29, 0.717) is 17.4 Å². The Morgan fingerprint density at radius 3 is 3.16 bits per heavy atom. The number of benzene rings is 1. The van der Waals surface area contributed by atoms with Gasteiger partial charge in [0.25, 0.3) is 5.91 Å². The predicted octanol–water partition coefficient (Wildman–Crippen LogP) is 2.39. The Kier molecular flexibility index (Phi) is 2.91. The van der Waals surface area contributed by atoms with Gasteiger partial charge in [-0.15, -0.1) is 0 Å². The Balaban J connectivity index is 1.83. The third-order valence-corrected chi connectivity index (χ3v) is 4.27. The van der Waals surface area contributed by atoms with Crippen molar-refractivity contribution in [3.05, 3.63) is 18.2 Å². The van der Waals surface area contributed by atoms with Crippen molar-refractivity contribution in [2.24, 2.45) is 0 Å². The lowest BCUT2D eigenvalue weighted by Crippen LogP contribution is -2.39. The number of thiazole rings is 1. The number of carbonyl (C=O) groups excluding carboxylic acids is 1. The molecule has 1 fully saturated rings. The molecule has 5 nitrogen and oxygen atoms in total. The van der Waals surface area contributed by atoms with Crippen molar-refractivity contribution in [3.63, 3.8) is 0 Å². The Labute approximate surface area is 114 Å². The second-order valence-electron chi connectivity index (χ2n) is 4.88. The molecule has 3 N–H and O–H groups in total. The van der Waals surface area contributed by atoms with Gasteiger partial charge >= 0.3 is 0 Å². The van der Waals surface area contributed by atoms with Gasteiger partial charge in [0, 0.05) is 12.3 Å². The first-order valence-corrected chi connectivity index (χ1v) is 7.00. The molecule has 1 aromatic heterocycles. The summed E-state index contributed by atoms with van der Waals surface area (Å²) in [5.74, 6) is -0.128. The van der Waals surface area contributed by atoms with E-state index in [2.05, 4.69) is 10.3 Å². The number of rotatable bonds is 2. The van der Waals surface area contributed by atoms with Gasteiger partial charge in [-0.05, 0) is 38.0 Å². The van der Waals surface area contributed by atoms with Gasteiger partial charge in [-0.1, -0.05) is 11.3 Å². The molecule has 0 bridgehead atoms. The summed E-state index contributed by atoms with van der Waals surface area (Å²) < 4.78 is 6.48. The first kappa shape index (κ1) is 12.4. The van der Waals surface area contributed by atoms with Crippen LogP contribution in [0.1, 0.15) is 19.8 Å². The number of ether oxygens (including phenoxy) is 1. The van der Waals surface area contributed by atoms with Crippen molar-refractivity contribution in [1.29, 1.82) is 0 Å². The highest BCUT2D eigenvalue weighted by atomic mass is 32.1. The number of carbonyl (C=O) groups is 1. The number of aromatic nitrogens is 1. The highest BCUT2D eigenvalue weighted by Gasteiger charge is 2.38. The molecule has 2 aromatic rings. The number of nitrogens with zero attached hydrogens (tertiary/aromatic N) is 1. The van der Waals surface area contributed by atoms with Gasteiger partial charge in [-0.2, -0.15) is 0 Å². The van der Waals surface area contributed by atoms with E-state index in [1.54, 1.807) is 6.07 Å². The van der Waals surface area contributed by atoms with Crippen molar-refractivity contribution in [3.8, 4) is 0 Å². The van der Waals surface area contributed by atoms with Crippen molar-refractivity contribution < 1.29 is 9.53 Å². The molecule has 1 saturated heterocycles. The fourth-order valence-electron chi connectivity index (χ4n) is 2.18. The molecule has 2 heterocycles. The van der Waals surface area contributed by atoms with Crippen LogP contribution in [0.25, 0.3) is 10.2 Å². The topological polar surface area (TPSA) is 77.2 Å². The first-order chi connectivity index (χ1) is 9.07. The number of hydrogen-bond donors (Lipinski definition) is 2. The summed E-state index contributed by atoms with van der Waals surface area (Å²) in [6.07, 6.45) is 1.66. The predicted molar refractivity (Wildman–Crippen MR) is 76.3 cm³/mol. The average molecular weight is 277 g/mol. The third-order valence-electron chi connectivity index (χ3n) is 3.33. The van der Waals surface area contributed by atoms with E-state index in [9.17, 15) is 4.79 Å². The van der Waals surface area contributed by atoms with Crippen LogP contribution in [0.5, 0.6) is 0 Å². The second kappa shape index (κ2) is 4.47. The van der Waals surface area contributed by atoms with Crippen LogP contribution in [-0.2, 0) is 9.53 Å². The van der Waals surface area contributed by atoms with Crippen LogP contribution in [0, 0.1) is 0 Å². The molecule has 1 amide bonds. The van der Waals surface area contributed by atoms with Crippen molar-refractivity contribution in [2.75, 3.05) is 17.7 Å². The highest BCUT2D eigenvalue weighted by Crippen LogP contribution is 2.30. The summed E-state index contributed by atoms with van der Waals surface area (Å²) in [5, 5.41) is 3.42. The zero-order chi connectivity index (χ0) is 13.5. The summed E-state index contributed by atoms with van der Waals surface area (Å²) in [5.41, 5.74) is 6.54. The zero-order valence-electron chi connectivity index (χ0n) is 10.6. The van der Waals surface area contributed by atoms with Gasteiger partial charge in [0.15, 0.2) is 5.13 Å². The third kappa shape index (κ3) is 2.29. The number of nitrogen functional groups attached to an aromatic ring is 1. The molecule has 1 atom stereocenters. The summed E-state index contributed by atoms with van der Waals surface area (Å²) >= 11 is 1.42. The van der Waals surface area contributed by atoms with E-state index in [1.807, 2.05) is 19.1 Å². The molecule has 0 aliphatic carbocycles. The Hall–Kier alpha value is -1.66. The quantitative estimate of drug-likeness (QED) is 0.826. The minimum Gasteiger partial charge on any atom is -0.399 e. The van der Waals surface area contributed by atoms with E-state index in [0.717, 1.165) is 23.1 Å². The van der Waals surface area contributed by atoms with E-state index < -0.39 is 5.60 Å². The maximum Gasteiger partial charge on any atom is 0.258 e. The van der Waals surface area contributed by atoms with Gasteiger partial charge in [0.05, 0.1) is 10.2 Å². The van der Waals surface area contributed by atoms with Crippen molar-refractivity contribution >= 4 is 38.3 Å².